The van der Waals surface area contributed by atoms with Gasteiger partial charge in [0.2, 0.25) is 12.7 Å². The number of piperazine rings is 1. The van der Waals surface area contributed by atoms with Crippen molar-refractivity contribution < 1.29 is 14.3 Å². The molecule has 4 rings (SSSR count). The minimum absolute atomic E-state index is 0.143. The van der Waals surface area contributed by atoms with Crippen LogP contribution in [-0.2, 0) is 11.3 Å². The van der Waals surface area contributed by atoms with Gasteiger partial charge in [-0.25, -0.2) is 0 Å². The fourth-order valence-electron chi connectivity index (χ4n) is 3.55. The van der Waals surface area contributed by atoms with Gasteiger partial charge in [0.1, 0.15) is 5.54 Å². The summed E-state index contributed by atoms with van der Waals surface area (Å²) in [4.78, 5) is 14.5. The van der Waals surface area contributed by atoms with Crippen LogP contribution in [0.15, 0.2) is 12.1 Å². The van der Waals surface area contributed by atoms with Crippen molar-refractivity contribution in [2.45, 2.75) is 24.9 Å². The van der Waals surface area contributed by atoms with E-state index in [9.17, 15) is 4.79 Å². The fourth-order valence-corrected chi connectivity index (χ4v) is 3.76. The van der Waals surface area contributed by atoms with E-state index in [1.165, 1.54) is 0 Å². The Morgan fingerprint density at radius 3 is 2.65 bits per heavy atom. The third-order valence-corrected chi connectivity index (χ3v) is 5.31. The van der Waals surface area contributed by atoms with Gasteiger partial charge in [0.15, 0.2) is 11.5 Å². The number of halogens is 1. The molecule has 0 unspecified atom stereocenters. The Balaban J connectivity index is 1.43. The number of hydrogen-bond donors (Lipinski definition) is 2. The standard InChI is InChI=1S/C16H20ClN3O3/c17-12-8-14-13(22-10-23-14)7-11(12)9-20-5-1-16(2-6-20)15(21)18-3-4-19-16/h7-8,19H,1-6,9-10H2,(H,18,21). The minimum Gasteiger partial charge on any atom is -0.454 e. The van der Waals surface area contributed by atoms with E-state index in [1.807, 2.05) is 12.1 Å². The molecule has 2 fully saturated rings. The van der Waals surface area contributed by atoms with E-state index in [0.717, 1.165) is 56.9 Å². The maximum Gasteiger partial charge on any atom is 0.240 e. The van der Waals surface area contributed by atoms with Gasteiger partial charge in [0, 0.05) is 43.8 Å². The van der Waals surface area contributed by atoms with Crippen molar-refractivity contribution in [2.24, 2.45) is 0 Å². The number of carbonyl (C=O) groups excluding carboxylic acids is 1. The Labute approximate surface area is 140 Å². The van der Waals surface area contributed by atoms with E-state index in [-0.39, 0.29) is 18.2 Å². The molecular formula is C16H20ClN3O3. The van der Waals surface area contributed by atoms with E-state index in [2.05, 4.69) is 15.5 Å². The highest BCUT2D eigenvalue weighted by Gasteiger charge is 2.42. The number of hydrogen-bond acceptors (Lipinski definition) is 5. The van der Waals surface area contributed by atoms with Gasteiger partial charge in [-0.1, -0.05) is 11.6 Å². The Morgan fingerprint density at radius 2 is 1.91 bits per heavy atom. The van der Waals surface area contributed by atoms with Gasteiger partial charge in [0.25, 0.3) is 0 Å². The lowest BCUT2D eigenvalue weighted by Gasteiger charge is -2.43. The van der Waals surface area contributed by atoms with Crippen molar-refractivity contribution >= 4 is 17.5 Å². The van der Waals surface area contributed by atoms with E-state index < -0.39 is 0 Å². The van der Waals surface area contributed by atoms with E-state index in [4.69, 9.17) is 21.1 Å². The Hall–Kier alpha value is -1.50. The zero-order valence-electron chi connectivity index (χ0n) is 12.9. The van der Waals surface area contributed by atoms with Crippen molar-refractivity contribution in [3.8, 4) is 11.5 Å². The number of carbonyl (C=O) groups is 1. The number of benzene rings is 1. The SMILES string of the molecule is O=C1NCCNC12CCN(Cc1cc3c(cc1Cl)OCO3)CC2. The third-order valence-electron chi connectivity index (χ3n) is 4.95. The van der Waals surface area contributed by atoms with Gasteiger partial charge in [-0.15, -0.1) is 0 Å². The predicted octanol–water partition coefficient (Wildman–Crippen LogP) is 1.12. The number of likely N-dealkylation sites (tertiary alicyclic amines) is 1. The smallest absolute Gasteiger partial charge is 0.240 e. The number of fused-ring (bicyclic) bond motifs is 1. The fraction of sp³-hybridized carbons (Fsp3) is 0.562. The molecule has 2 saturated heterocycles. The second kappa shape index (κ2) is 5.85. The van der Waals surface area contributed by atoms with Crippen LogP contribution in [0.2, 0.25) is 5.02 Å². The molecular weight excluding hydrogens is 318 g/mol. The lowest BCUT2D eigenvalue weighted by Crippen LogP contribution is -2.66. The highest BCUT2D eigenvalue weighted by molar-refractivity contribution is 6.31. The molecule has 0 aromatic heterocycles. The molecule has 23 heavy (non-hydrogen) atoms. The summed E-state index contributed by atoms with van der Waals surface area (Å²) < 4.78 is 10.8. The van der Waals surface area contributed by atoms with Crippen molar-refractivity contribution in [1.29, 1.82) is 0 Å². The second-order valence-electron chi connectivity index (χ2n) is 6.34. The van der Waals surface area contributed by atoms with Crippen molar-refractivity contribution in [2.75, 3.05) is 33.0 Å². The zero-order chi connectivity index (χ0) is 15.9. The first-order valence-corrected chi connectivity index (χ1v) is 8.38. The van der Waals surface area contributed by atoms with Crippen LogP contribution in [0.4, 0.5) is 0 Å². The van der Waals surface area contributed by atoms with Gasteiger partial charge in [0.05, 0.1) is 0 Å². The van der Waals surface area contributed by atoms with Gasteiger partial charge in [-0.2, -0.15) is 0 Å². The molecule has 3 heterocycles. The molecule has 1 spiro atoms. The van der Waals surface area contributed by atoms with E-state index in [0.29, 0.717) is 10.8 Å². The van der Waals surface area contributed by atoms with Crippen molar-refractivity contribution in [3.05, 3.63) is 22.7 Å². The second-order valence-corrected chi connectivity index (χ2v) is 6.75. The molecule has 7 heteroatoms. The summed E-state index contributed by atoms with van der Waals surface area (Å²) in [6.07, 6.45) is 1.64. The van der Waals surface area contributed by atoms with Crippen LogP contribution in [-0.4, -0.2) is 49.3 Å². The largest absolute Gasteiger partial charge is 0.454 e. The van der Waals surface area contributed by atoms with Crippen LogP contribution in [0.1, 0.15) is 18.4 Å². The maximum absolute atomic E-state index is 12.2. The molecule has 0 aliphatic carbocycles. The molecule has 0 saturated carbocycles. The third kappa shape index (κ3) is 2.75. The maximum atomic E-state index is 12.2. The van der Waals surface area contributed by atoms with Crippen molar-refractivity contribution in [1.82, 2.24) is 15.5 Å². The Morgan fingerprint density at radius 1 is 1.17 bits per heavy atom. The Kier molecular flexibility index (Phi) is 3.83. The molecule has 124 valence electrons. The summed E-state index contributed by atoms with van der Waals surface area (Å²) in [5.41, 5.74) is 0.654. The first kappa shape index (κ1) is 15.1. The van der Waals surface area contributed by atoms with Crippen LogP contribution in [0.5, 0.6) is 11.5 Å². The molecule has 1 aromatic rings. The summed E-state index contributed by atoms with van der Waals surface area (Å²) in [6, 6.07) is 3.78. The normalized spacial score (nSPS) is 23.1. The van der Waals surface area contributed by atoms with Crippen LogP contribution in [0.25, 0.3) is 0 Å². The van der Waals surface area contributed by atoms with Gasteiger partial charge < -0.3 is 20.1 Å². The average Bonchev–Trinajstić information content (AvgIpc) is 3.00. The molecule has 0 atom stereocenters. The van der Waals surface area contributed by atoms with Crippen LogP contribution >= 0.6 is 11.6 Å². The topological polar surface area (TPSA) is 62.8 Å². The summed E-state index contributed by atoms with van der Waals surface area (Å²) in [5.74, 6) is 1.61. The highest BCUT2D eigenvalue weighted by Crippen LogP contribution is 2.37. The number of piperidine rings is 1. The first-order valence-electron chi connectivity index (χ1n) is 8.00. The molecule has 6 nitrogen and oxygen atoms in total. The average molecular weight is 338 g/mol. The lowest BCUT2D eigenvalue weighted by atomic mass is 9.85. The molecule has 3 aliphatic heterocycles. The lowest BCUT2D eigenvalue weighted by molar-refractivity contribution is -0.131. The van der Waals surface area contributed by atoms with E-state index >= 15 is 0 Å². The molecule has 2 N–H and O–H groups in total. The predicted molar refractivity (Wildman–Crippen MR) is 85.8 cm³/mol. The number of amides is 1. The summed E-state index contributed by atoms with van der Waals surface area (Å²) >= 11 is 6.35. The quantitative estimate of drug-likeness (QED) is 0.847. The van der Waals surface area contributed by atoms with Gasteiger partial charge in [-0.3, -0.25) is 9.69 Å². The number of ether oxygens (including phenoxy) is 2. The number of rotatable bonds is 2. The molecule has 1 aromatic carbocycles. The van der Waals surface area contributed by atoms with Gasteiger partial charge >= 0.3 is 0 Å². The summed E-state index contributed by atoms with van der Waals surface area (Å²) in [5, 5.41) is 7.08. The van der Waals surface area contributed by atoms with Crippen LogP contribution in [0, 0.1) is 0 Å². The minimum atomic E-state index is -0.382. The first-order chi connectivity index (χ1) is 11.2. The molecule has 3 aliphatic rings. The zero-order valence-corrected chi connectivity index (χ0v) is 13.6. The summed E-state index contributed by atoms with van der Waals surface area (Å²) in [7, 11) is 0. The van der Waals surface area contributed by atoms with Crippen LogP contribution in [0.3, 0.4) is 0 Å². The molecule has 0 bridgehead atoms. The highest BCUT2D eigenvalue weighted by atomic mass is 35.5. The number of nitrogens with zero attached hydrogens (tertiary/aromatic N) is 1. The summed E-state index contributed by atoms with van der Waals surface area (Å²) in [6.45, 7) is 4.31. The molecule has 1 amide bonds. The van der Waals surface area contributed by atoms with Crippen molar-refractivity contribution in [3.63, 3.8) is 0 Å². The van der Waals surface area contributed by atoms with Gasteiger partial charge in [-0.05, 0) is 24.5 Å². The molecule has 0 radical (unpaired) electrons. The van der Waals surface area contributed by atoms with E-state index in [1.54, 1.807) is 0 Å². The monoisotopic (exact) mass is 337 g/mol. The van der Waals surface area contributed by atoms with Crippen LogP contribution < -0.4 is 20.1 Å². The number of nitrogens with one attached hydrogen (secondary N) is 2. The Bertz CT molecular complexity index is 629.